The number of halogens is 1. The van der Waals surface area contributed by atoms with Gasteiger partial charge >= 0.3 is 0 Å². The summed E-state index contributed by atoms with van der Waals surface area (Å²) in [5.74, 6) is 1.02. The fourth-order valence-electron chi connectivity index (χ4n) is 2.32. The van der Waals surface area contributed by atoms with Gasteiger partial charge in [-0.25, -0.2) is 12.7 Å². The van der Waals surface area contributed by atoms with E-state index in [1.54, 1.807) is 11.3 Å². The molecule has 2 heterocycles. The van der Waals surface area contributed by atoms with E-state index < -0.39 is 10.0 Å². The second-order valence-electron chi connectivity index (χ2n) is 5.09. The Hall–Kier alpha value is -0.390. The van der Waals surface area contributed by atoms with E-state index in [9.17, 15) is 8.42 Å². The second-order valence-corrected chi connectivity index (χ2v) is 8.21. The van der Waals surface area contributed by atoms with Crippen molar-refractivity contribution in [1.29, 1.82) is 0 Å². The molecule has 132 valence electrons. The number of sulfonamides is 1. The maximum atomic E-state index is 11.7. The smallest absolute Gasteiger partial charge is 0.214 e. The largest absolute Gasteiger partial charge is 0.357 e. The van der Waals surface area contributed by atoms with Crippen molar-refractivity contribution >= 4 is 51.3 Å². The van der Waals surface area contributed by atoms with Crippen molar-refractivity contribution in [3.8, 4) is 0 Å². The van der Waals surface area contributed by atoms with E-state index in [4.69, 9.17) is 0 Å². The number of guanidine groups is 1. The van der Waals surface area contributed by atoms with E-state index in [1.807, 2.05) is 6.92 Å². The van der Waals surface area contributed by atoms with Gasteiger partial charge in [-0.2, -0.15) is 0 Å². The van der Waals surface area contributed by atoms with Gasteiger partial charge in [0, 0.05) is 31.1 Å². The average molecular weight is 472 g/mol. The van der Waals surface area contributed by atoms with Crippen LogP contribution in [0.3, 0.4) is 0 Å². The Morgan fingerprint density at radius 3 is 2.87 bits per heavy atom. The van der Waals surface area contributed by atoms with Crippen molar-refractivity contribution in [2.75, 3.05) is 38.5 Å². The zero-order valence-electron chi connectivity index (χ0n) is 13.3. The molecule has 9 heteroatoms. The summed E-state index contributed by atoms with van der Waals surface area (Å²) in [6, 6.07) is 4.17. The first-order chi connectivity index (χ1) is 10.6. The normalized spacial score (nSPS) is 17.7. The van der Waals surface area contributed by atoms with Crippen LogP contribution in [0.5, 0.6) is 0 Å². The van der Waals surface area contributed by atoms with Crippen LogP contribution >= 0.6 is 35.3 Å². The third-order valence-electron chi connectivity index (χ3n) is 3.41. The molecule has 6 nitrogen and oxygen atoms in total. The number of rotatable bonds is 7. The van der Waals surface area contributed by atoms with Gasteiger partial charge in [-0.3, -0.25) is 4.99 Å². The van der Waals surface area contributed by atoms with Gasteiger partial charge < -0.3 is 10.6 Å². The molecule has 0 aliphatic carbocycles. The third kappa shape index (κ3) is 6.94. The summed E-state index contributed by atoms with van der Waals surface area (Å²) in [4.78, 5) is 5.79. The number of nitrogens with one attached hydrogen (secondary N) is 2. The summed E-state index contributed by atoms with van der Waals surface area (Å²) in [7, 11) is -3.02. The van der Waals surface area contributed by atoms with E-state index in [-0.39, 0.29) is 29.7 Å². The highest BCUT2D eigenvalue weighted by Gasteiger charge is 2.27. The topological polar surface area (TPSA) is 73.8 Å². The van der Waals surface area contributed by atoms with Gasteiger partial charge in [0.2, 0.25) is 10.0 Å². The summed E-state index contributed by atoms with van der Waals surface area (Å²) in [5, 5.41) is 8.54. The Bertz CT molecular complexity index is 576. The highest BCUT2D eigenvalue weighted by molar-refractivity contribution is 14.0. The lowest BCUT2D eigenvalue weighted by Crippen LogP contribution is -2.39. The van der Waals surface area contributed by atoms with Gasteiger partial charge in [-0.05, 0) is 31.2 Å². The molecule has 1 fully saturated rings. The molecular weight excluding hydrogens is 447 g/mol. The molecule has 1 saturated heterocycles. The molecule has 0 saturated carbocycles. The third-order valence-corrected chi connectivity index (χ3v) is 6.30. The predicted molar refractivity (Wildman–Crippen MR) is 107 cm³/mol. The number of hydrogen-bond donors (Lipinski definition) is 2. The first-order valence-corrected chi connectivity index (χ1v) is 10.1. The molecule has 0 unspecified atom stereocenters. The minimum atomic E-state index is -3.02. The Morgan fingerprint density at radius 2 is 2.26 bits per heavy atom. The Kier molecular flexibility index (Phi) is 9.40. The Labute approximate surface area is 159 Å². The first kappa shape index (κ1) is 20.7. The lowest BCUT2D eigenvalue weighted by atomic mass is 10.3. The maximum Gasteiger partial charge on any atom is 0.214 e. The van der Waals surface area contributed by atoms with Crippen LogP contribution < -0.4 is 10.6 Å². The van der Waals surface area contributed by atoms with Gasteiger partial charge in [0.25, 0.3) is 0 Å². The van der Waals surface area contributed by atoms with Crippen molar-refractivity contribution in [2.24, 2.45) is 4.99 Å². The van der Waals surface area contributed by atoms with Crippen molar-refractivity contribution in [3.05, 3.63) is 22.4 Å². The monoisotopic (exact) mass is 472 g/mol. The zero-order valence-corrected chi connectivity index (χ0v) is 17.3. The SMILES string of the molecule is CCNC(=NCCN1CCCS1(=O)=O)NCCc1cccs1.I. The van der Waals surface area contributed by atoms with Gasteiger partial charge in [0.1, 0.15) is 0 Å². The summed E-state index contributed by atoms with van der Waals surface area (Å²) in [5.41, 5.74) is 0. The molecule has 0 spiro atoms. The minimum Gasteiger partial charge on any atom is -0.357 e. The van der Waals surface area contributed by atoms with Crippen LogP contribution in [0, 0.1) is 0 Å². The van der Waals surface area contributed by atoms with Crippen LogP contribution in [0.25, 0.3) is 0 Å². The van der Waals surface area contributed by atoms with Crippen molar-refractivity contribution < 1.29 is 8.42 Å². The highest BCUT2D eigenvalue weighted by Crippen LogP contribution is 2.12. The molecule has 1 aliphatic rings. The molecule has 0 amide bonds. The Balaban J connectivity index is 0.00000264. The average Bonchev–Trinajstić information content (AvgIpc) is 3.09. The minimum absolute atomic E-state index is 0. The number of aliphatic imine (C=N–C) groups is 1. The number of thiophene rings is 1. The van der Waals surface area contributed by atoms with Crippen molar-refractivity contribution in [1.82, 2.24) is 14.9 Å². The van der Waals surface area contributed by atoms with Gasteiger partial charge in [0.15, 0.2) is 5.96 Å². The first-order valence-electron chi connectivity index (χ1n) is 7.64. The van der Waals surface area contributed by atoms with Crippen LogP contribution in [0.1, 0.15) is 18.2 Å². The highest BCUT2D eigenvalue weighted by atomic mass is 127. The predicted octanol–water partition coefficient (Wildman–Crippen LogP) is 1.50. The second kappa shape index (κ2) is 10.5. The van der Waals surface area contributed by atoms with Gasteiger partial charge in [0.05, 0.1) is 12.3 Å². The molecule has 0 radical (unpaired) electrons. The molecule has 23 heavy (non-hydrogen) atoms. The molecule has 0 bridgehead atoms. The fourth-order valence-corrected chi connectivity index (χ4v) is 4.54. The molecular formula is C14H25IN4O2S2. The number of nitrogens with zero attached hydrogens (tertiary/aromatic N) is 2. The molecule has 2 N–H and O–H groups in total. The Morgan fingerprint density at radius 1 is 1.43 bits per heavy atom. The quantitative estimate of drug-likeness (QED) is 0.359. The molecule has 2 rings (SSSR count). The van der Waals surface area contributed by atoms with E-state index in [1.165, 1.54) is 9.18 Å². The zero-order chi connectivity index (χ0) is 15.8. The molecule has 1 aromatic rings. The van der Waals surface area contributed by atoms with E-state index in [0.29, 0.717) is 19.6 Å². The number of hydrogen-bond acceptors (Lipinski definition) is 4. The van der Waals surface area contributed by atoms with E-state index in [2.05, 4.69) is 33.1 Å². The summed E-state index contributed by atoms with van der Waals surface area (Å²) in [6.07, 6.45) is 1.69. The van der Waals surface area contributed by atoms with Crippen LogP contribution in [0.2, 0.25) is 0 Å². The van der Waals surface area contributed by atoms with Crippen LogP contribution in [-0.2, 0) is 16.4 Å². The van der Waals surface area contributed by atoms with Crippen LogP contribution in [-0.4, -0.2) is 57.2 Å². The maximum absolute atomic E-state index is 11.7. The van der Waals surface area contributed by atoms with Gasteiger partial charge in [-0.1, -0.05) is 6.07 Å². The van der Waals surface area contributed by atoms with Gasteiger partial charge in [-0.15, -0.1) is 35.3 Å². The molecule has 0 atom stereocenters. The molecule has 1 aromatic heterocycles. The lowest BCUT2D eigenvalue weighted by molar-refractivity contribution is 0.452. The van der Waals surface area contributed by atoms with Crippen molar-refractivity contribution in [2.45, 2.75) is 19.8 Å². The standard InChI is InChI=1S/C14H24N4O2S2.HI/c1-2-15-14(16-7-6-13-5-3-11-21-13)17-8-10-18-9-4-12-22(18,19)20;/h3,5,11H,2,4,6-10,12H2,1H3,(H2,15,16,17);1H. The summed E-state index contributed by atoms with van der Waals surface area (Å²) < 4.78 is 25.0. The molecule has 0 aromatic carbocycles. The lowest BCUT2D eigenvalue weighted by Gasteiger charge is -2.14. The van der Waals surface area contributed by atoms with E-state index >= 15 is 0 Å². The summed E-state index contributed by atoms with van der Waals surface area (Å²) >= 11 is 1.75. The van der Waals surface area contributed by atoms with Crippen LogP contribution in [0.15, 0.2) is 22.5 Å². The van der Waals surface area contributed by atoms with Crippen molar-refractivity contribution in [3.63, 3.8) is 0 Å². The van der Waals surface area contributed by atoms with E-state index in [0.717, 1.165) is 31.9 Å². The van der Waals surface area contributed by atoms with Crippen LogP contribution in [0.4, 0.5) is 0 Å². The molecule has 1 aliphatic heterocycles. The fraction of sp³-hybridized carbons (Fsp3) is 0.643. The summed E-state index contributed by atoms with van der Waals surface area (Å²) in [6.45, 7) is 5.18.